The molecule has 0 N–H and O–H groups in total. The van der Waals surface area contributed by atoms with Gasteiger partial charge in [0.25, 0.3) is 5.91 Å². The molecule has 0 fully saturated rings. The molecule has 2 aromatic rings. The van der Waals surface area contributed by atoms with Gasteiger partial charge >= 0.3 is 0 Å². The summed E-state index contributed by atoms with van der Waals surface area (Å²) in [6, 6.07) is 10.1. The molecule has 0 atom stereocenters. The summed E-state index contributed by atoms with van der Waals surface area (Å²) in [6.45, 7) is 3.54. The van der Waals surface area contributed by atoms with Gasteiger partial charge in [-0.25, -0.2) is 0 Å². The lowest BCUT2D eigenvalue weighted by molar-refractivity contribution is 0.0768. The molecule has 0 bridgehead atoms. The number of carbonyl (C=O) groups is 1. The minimum absolute atomic E-state index is 0.107. The Hall–Kier alpha value is -1.06. The first-order valence-electron chi connectivity index (χ1n) is 6.60. The number of amides is 1. The number of fused-ring (bicyclic) bond motifs is 1. The van der Waals surface area contributed by atoms with Gasteiger partial charge in [-0.3, -0.25) is 4.79 Å². The molecule has 2 rings (SSSR count). The largest absolute Gasteiger partial charge is 0.337 e. The number of unbranched alkanes of at least 4 members (excludes halogenated alkanes) is 1. The van der Waals surface area contributed by atoms with Crippen LogP contribution in [-0.4, -0.2) is 29.8 Å². The number of carbonyl (C=O) groups excluding carboxylic acids is 1. The van der Waals surface area contributed by atoms with Gasteiger partial charge < -0.3 is 4.90 Å². The average Bonchev–Trinajstić information content (AvgIpc) is 2.86. The average molecular weight is 296 g/mol. The smallest absolute Gasteiger partial charge is 0.264 e. The van der Waals surface area contributed by atoms with Crippen molar-refractivity contribution in [1.29, 1.82) is 0 Å². The molecule has 1 aromatic heterocycles. The number of hydrogen-bond acceptors (Lipinski definition) is 2. The number of alkyl halides is 1. The van der Waals surface area contributed by atoms with E-state index in [1.54, 1.807) is 11.3 Å². The SMILES string of the molecule is CCCCN(CCCl)C(=O)c1cc2ccccc2s1. The van der Waals surface area contributed by atoms with Gasteiger partial charge in [-0.05, 0) is 23.9 Å². The molecule has 0 aliphatic heterocycles. The van der Waals surface area contributed by atoms with Crippen molar-refractivity contribution in [3.05, 3.63) is 35.2 Å². The molecule has 1 aromatic carbocycles. The van der Waals surface area contributed by atoms with Crippen molar-refractivity contribution < 1.29 is 4.79 Å². The Morgan fingerprint density at radius 2 is 2.11 bits per heavy atom. The van der Waals surface area contributed by atoms with Crippen molar-refractivity contribution >= 4 is 38.9 Å². The molecule has 0 aliphatic carbocycles. The molecular formula is C15H18ClNOS. The Labute approximate surface area is 123 Å². The van der Waals surface area contributed by atoms with Gasteiger partial charge in [-0.15, -0.1) is 22.9 Å². The standard InChI is InChI=1S/C15H18ClNOS/c1-2-3-9-17(10-8-16)15(18)14-11-12-6-4-5-7-13(12)19-14/h4-7,11H,2-3,8-10H2,1H3. The van der Waals surface area contributed by atoms with E-state index in [0.717, 1.165) is 34.3 Å². The summed E-state index contributed by atoms with van der Waals surface area (Å²) in [5, 5.41) is 1.14. The van der Waals surface area contributed by atoms with Crippen LogP contribution in [0.25, 0.3) is 10.1 Å². The fourth-order valence-electron chi connectivity index (χ4n) is 2.01. The van der Waals surface area contributed by atoms with Gasteiger partial charge in [0.15, 0.2) is 0 Å². The second-order valence-corrected chi connectivity index (χ2v) is 5.94. The first-order chi connectivity index (χ1) is 9.26. The van der Waals surface area contributed by atoms with E-state index in [-0.39, 0.29) is 5.91 Å². The zero-order chi connectivity index (χ0) is 13.7. The molecule has 1 heterocycles. The van der Waals surface area contributed by atoms with Gasteiger partial charge in [-0.1, -0.05) is 31.5 Å². The van der Waals surface area contributed by atoms with Gasteiger partial charge in [-0.2, -0.15) is 0 Å². The van der Waals surface area contributed by atoms with Crippen LogP contribution in [0.2, 0.25) is 0 Å². The molecule has 0 saturated carbocycles. The van der Waals surface area contributed by atoms with E-state index in [4.69, 9.17) is 11.6 Å². The van der Waals surface area contributed by atoms with Crippen LogP contribution in [0.15, 0.2) is 30.3 Å². The first-order valence-corrected chi connectivity index (χ1v) is 7.95. The van der Waals surface area contributed by atoms with E-state index < -0.39 is 0 Å². The Morgan fingerprint density at radius 1 is 1.32 bits per heavy atom. The van der Waals surface area contributed by atoms with Crippen molar-refractivity contribution in [2.45, 2.75) is 19.8 Å². The Balaban J connectivity index is 2.19. The zero-order valence-electron chi connectivity index (χ0n) is 11.1. The van der Waals surface area contributed by atoms with Crippen LogP contribution in [0, 0.1) is 0 Å². The summed E-state index contributed by atoms with van der Waals surface area (Å²) in [4.78, 5) is 15.2. The van der Waals surface area contributed by atoms with E-state index >= 15 is 0 Å². The molecule has 1 amide bonds. The molecule has 0 radical (unpaired) electrons. The molecule has 4 heteroatoms. The normalized spacial score (nSPS) is 10.8. The van der Waals surface area contributed by atoms with Crippen LogP contribution in [0.4, 0.5) is 0 Å². The molecule has 19 heavy (non-hydrogen) atoms. The predicted molar refractivity (Wildman–Crippen MR) is 83.4 cm³/mol. The van der Waals surface area contributed by atoms with E-state index in [2.05, 4.69) is 13.0 Å². The van der Waals surface area contributed by atoms with Crippen LogP contribution in [0.1, 0.15) is 29.4 Å². The topological polar surface area (TPSA) is 20.3 Å². The highest BCUT2D eigenvalue weighted by molar-refractivity contribution is 7.20. The number of nitrogens with zero attached hydrogens (tertiary/aromatic N) is 1. The lowest BCUT2D eigenvalue weighted by Crippen LogP contribution is -2.33. The van der Waals surface area contributed by atoms with Crippen molar-refractivity contribution in [3.63, 3.8) is 0 Å². The number of hydrogen-bond donors (Lipinski definition) is 0. The van der Waals surface area contributed by atoms with E-state index in [9.17, 15) is 4.79 Å². The maximum atomic E-state index is 12.5. The molecule has 0 saturated heterocycles. The highest BCUT2D eigenvalue weighted by Crippen LogP contribution is 2.26. The summed E-state index contributed by atoms with van der Waals surface area (Å²) in [5.74, 6) is 0.593. The maximum Gasteiger partial charge on any atom is 0.264 e. The lowest BCUT2D eigenvalue weighted by atomic mass is 10.2. The van der Waals surface area contributed by atoms with Crippen molar-refractivity contribution in [2.75, 3.05) is 19.0 Å². The maximum absolute atomic E-state index is 12.5. The summed E-state index contributed by atoms with van der Waals surface area (Å²) < 4.78 is 1.16. The minimum Gasteiger partial charge on any atom is -0.337 e. The minimum atomic E-state index is 0.107. The van der Waals surface area contributed by atoms with Gasteiger partial charge in [0.2, 0.25) is 0 Å². The highest BCUT2D eigenvalue weighted by atomic mass is 35.5. The van der Waals surface area contributed by atoms with Crippen LogP contribution >= 0.6 is 22.9 Å². The summed E-state index contributed by atoms with van der Waals surface area (Å²) in [7, 11) is 0. The molecule has 102 valence electrons. The van der Waals surface area contributed by atoms with Gasteiger partial charge in [0, 0.05) is 23.7 Å². The van der Waals surface area contributed by atoms with Crippen LogP contribution in [0.3, 0.4) is 0 Å². The Morgan fingerprint density at radius 3 is 2.79 bits per heavy atom. The fourth-order valence-corrected chi connectivity index (χ4v) is 3.24. The van der Waals surface area contributed by atoms with Crippen LogP contribution in [-0.2, 0) is 0 Å². The second-order valence-electron chi connectivity index (χ2n) is 4.48. The fraction of sp³-hybridized carbons (Fsp3) is 0.400. The molecule has 0 spiro atoms. The van der Waals surface area contributed by atoms with Gasteiger partial charge in [0.1, 0.15) is 0 Å². The van der Waals surface area contributed by atoms with Gasteiger partial charge in [0.05, 0.1) is 4.88 Å². The number of benzene rings is 1. The number of thiophene rings is 1. The third kappa shape index (κ3) is 3.48. The molecule has 0 unspecified atom stereocenters. The first kappa shape index (κ1) is 14.4. The zero-order valence-corrected chi connectivity index (χ0v) is 12.6. The number of rotatable bonds is 6. The lowest BCUT2D eigenvalue weighted by Gasteiger charge is -2.20. The predicted octanol–water partition coefficient (Wildman–Crippen LogP) is 4.38. The highest BCUT2D eigenvalue weighted by Gasteiger charge is 2.17. The molecule has 0 aliphatic rings. The van der Waals surface area contributed by atoms with E-state index in [1.807, 2.05) is 29.2 Å². The van der Waals surface area contributed by atoms with Crippen molar-refractivity contribution in [1.82, 2.24) is 4.90 Å². The van der Waals surface area contributed by atoms with Crippen molar-refractivity contribution in [2.24, 2.45) is 0 Å². The monoisotopic (exact) mass is 295 g/mol. The van der Waals surface area contributed by atoms with E-state index in [0.29, 0.717) is 12.4 Å². The summed E-state index contributed by atoms with van der Waals surface area (Å²) in [5.41, 5.74) is 0. The summed E-state index contributed by atoms with van der Waals surface area (Å²) in [6.07, 6.45) is 2.10. The summed E-state index contributed by atoms with van der Waals surface area (Å²) >= 11 is 7.35. The Bertz CT molecular complexity index is 519. The van der Waals surface area contributed by atoms with Crippen LogP contribution in [0.5, 0.6) is 0 Å². The quantitative estimate of drug-likeness (QED) is 0.724. The van der Waals surface area contributed by atoms with Crippen LogP contribution < -0.4 is 0 Å². The Kier molecular flexibility index (Phi) is 5.23. The second kappa shape index (κ2) is 6.92. The van der Waals surface area contributed by atoms with Crippen molar-refractivity contribution in [3.8, 4) is 0 Å². The number of halogens is 1. The van der Waals surface area contributed by atoms with E-state index in [1.165, 1.54) is 0 Å². The third-order valence-electron chi connectivity index (χ3n) is 3.06. The molecular weight excluding hydrogens is 278 g/mol. The third-order valence-corrected chi connectivity index (χ3v) is 4.33. The molecule has 2 nitrogen and oxygen atoms in total.